The number of nitrogens with two attached hydrogens (primary N) is 1. The summed E-state index contributed by atoms with van der Waals surface area (Å²) >= 11 is 0. The van der Waals surface area contributed by atoms with Crippen molar-refractivity contribution >= 4 is 12.4 Å². The lowest BCUT2D eigenvalue weighted by Gasteiger charge is -2.34. The van der Waals surface area contributed by atoms with Gasteiger partial charge in [0, 0.05) is 25.2 Å². The summed E-state index contributed by atoms with van der Waals surface area (Å²) in [7, 11) is 0. The Morgan fingerprint density at radius 1 is 1.29 bits per heavy atom. The van der Waals surface area contributed by atoms with Gasteiger partial charge in [0.05, 0.1) is 0 Å². The van der Waals surface area contributed by atoms with Crippen LogP contribution in [-0.4, -0.2) is 30.1 Å². The maximum Gasteiger partial charge on any atom is 0.0180 e. The largest absolute Gasteiger partial charge is 0.326 e. The van der Waals surface area contributed by atoms with E-state index in [1.54, 1.807) is 0 Å². The molecule has 2 N–H and O–H groups in total. The van der Waals surface area contributed by atoms with Crippen molar-refractivity contribution in [1.82, 2.24) is 4.90 Å². The molecule has 1 saturated heterocycles. The Bertz CT molecular complexity index is 194. The van der Waals surface area contributed by atoms with Gasteiger partial charge >= 0.3 is 0 Å². The summed E-state index contributed by atoms with van der Waals surface area (Å²) in [6.45, 7) is 7.19. The van der Waals surface area contributed by atoms with Crippen LogP contribution in [0.25, 0.3) is 0 Å². The molecular formula is C11H23ClN2. The van der Waals surface area contributed by atoms with Crippen molar-refractivity contribution in [3.63, 3.8) is 0 Å². The van der Waals surface area contributed by atoms with Gasteiger partial charge in [-0.15, -0.1) is 12.4 Å². The molecule has 2 nitrogen and oxygen atoms in total. The first-order valence-corrected chi connectivity index (χ1v) is 5.59. The second kappa shape index (κ2) is 4.38. The molecule has 0 bridgehead atoms. The summed E-state index contributed by atoms with van der Waals surface area (Å²) < 4.78 is 0. The van der Waals surface area contributed by atoms with Crippen molar-refractivity contribution in [3.8, 4) is 0 Å². The number of hydrogen-bond donors (Lipinski definition) is 1. The van der Waals surface area contributed by atoms with E-state index < -0.39 is 0 Å². The lowest BCUT2D eigenvalue weighted by molar-refractivity contribution is 0.138. The molecule has 1 unspecified atom stereocenters. The minimum atomic E-state index is 0. The minimum Gasteiger partial charge on any atom is -0.326 e. The van der Waals surface area contributed by atoms with Crippen LogP contribution in [0.2, 0.25) is 0 Å². The van der Waals surface area contributed by atoms with Crippen molar-refractivity contribution in [2.75, 3.05) is 13.1 Å². The SMILES string of the molecule is CC1(C)CCCC1N1CC[C@@H](N)C1.Cl. The molecular weight excluding hydrogens is 196 g/mol. The molecule has 2 aliphatic rings. The molecule has 14 heavy (non-hydrogen) atoms. The van der Waals surface area contributed by atoms with E-state index in [0.717, 1.165) is 12.6 Å². The van der Waals surface area contributed by atoms with Crippen LogP contribution < -0.4 is 5.73 Å². The Morgan fingerprint density at radius 2 is 2.00 bits per heavy atom. The molecule has 1 aliphatic carbocycles. The standard InChI is InChI=1S/C11H22N2.ClH/c1-11(2)6-3-4-10(11)13-7-5-9(12)8-13;/h9-10H,3-8,12H2,1-2H3;1H/t9-,10?;/m1./s1. The number of likely N-dealkylation sites (tertiary alicyclic amines) is 1. The van der Waals surface area contributed by atoms with Gasteiger partial charge in [-0.3, -0.25) is 4.90 Å². The topological polar surface area (TPSA) is 29.3 Å². The zero-order chi connectivity index (χ0) is 9.47. The summed E-state index contributed by atoms with van der Waals surface area (Å²) in [5, 5.41) is 0. The molecule has 84 valence electrons. The van der Waals surface area contributed by atoms with Crippen LogP contribution in [0.5, 0.6) is 0 Å². The fourth-order valence-corrected chi connectivity index (χ4v) is 3.08. The van der Waals surface area contributed by atoms with Crippen LogP contribution in [0.1, 0.15) is 39.5 Å². The maximum absolute atomic E-state index is 5.94. The summed E-state index contributed by atoms with van der Waals surface area (Å²) in [6, 6.07) is 1.25. The maximum atomic E-state index is 5.94. The van der Waals surface area contributed by atoms with Gasteiger partial charge in [-0.1, -0.05) is 20.3 Å². The van der Waals surface area contributed by atoms with Crippen molar-refractivity contribution in [2.24, 2.45) is 11.1 Å². The summed E-state index contributed by atoms with van der Waals surface area (Å²) in [4.78, 5) is 2.62. The van der Waals surface area contributed by atoms with E-state index in [2.05, 4.69) is 18.7 Å². The predicted molar refractivity (Wildman–Crippen MR) is 62.8 cm³/mol. The fraction of sp³-hybridized carbons (Fsp3) is 1.00. The van der Waals surface area contributed by atoms with Gasteiger partial charge in [0.2, 0.25) is 0 Å². The molecule has 0 amide bonds. The van der Waals surface area contributed by atoms with Crippen LogP contribution in [0, 0.1) is 5.41 Å². The third kappa shape index (κ3) is 2.23. The predicted octanol–water partition coefficient (Wildman–Crippen LogP) is 2.02. The van der Waals surface area contributed by atoms with Gasteiger partial charge in [0.25, 0.3) is 0 Å². The fourth-order valence-electron chi connectivity index (χ4n) is 3.08. The first-order chi connectivity index (χ1) is 6.09. The molecule has 0 spiro atoms. The first kappa shape index (κ1) is 12.3. The monoisotopic (exact) mass is 218 g/mol. The van der Waals surface area contributed by atoms with E-state index in [1.807, 2.05) is 0 Å². The molecule has 2 fully saturated rings. The highest BCUT2D eigenvalue weighted by Gasteiger charge is 2.40. The van der Waals surface area contributed by atoms with E-state index in [0.29, 0.717) is 11.5 Å². The van der Waals surface area contributed by atoms with Crippen molar-refractivity contribution in [1.29, 1.82) is 0 Å². The summed E-state index contributed by atoms with van der Waals surface area (Å²) in [5.41, 5.74) is 6.47. The van der Waals surface area contributed by atoms with E-state index in [4.69, 9.17) is 5.73 Å². The number of hydrogen-bond acceptors (Lipinski definition) is 2. The summed E-state index contributed by atoms with van der Waals surface area (Å²) in [5.74, 6) is 0. The zero-order valence-corrected chi connectivity index (χ0v) is 10.1. The Kier molecular flexibility index (Phi) is 3.84. The number of halogens is 1. The van der Waals surface area contributed by atoms with E-state index in [-0.39, 0.29) is 12.4 Å². The van der Waals surface area contributed by atoms with E-state index >= 15 is 0 Å². The van der Waals surface area contributed by atoms with Crippen molar-refractivity contribution in [3.05, 3.63) is 0 Å². The molecule has 1 saturated carbocycles. The highest BCUT2D eigenvalue weighted by molar-refractivity contribution is 5.85. The third-order valence-electron chi connectivity index (χ3n) is 3.90. The second-order valence-electron chi connectivity index (χ2n) is 5.44. The summed E-state index contributed by atoms with van der Waals surface area (Å²) in [6.07, 6.45) is 5.39. The van der Waals surface area contributed by atoms with Gasteiger partial charge in [-0.2, -0.15) is 0 Å². The highest BCUT2D eigenvalue weighted by atomic mass is 35.5. The van der Waals surface area contributed by atoms with E-state index in [1.165, 1.54) is 32.2 Å². The molecule has 1 heterocycles. The molecule has 0 aromatic heterocycles. The molecule has 0 aromatic rings. The lowest BCUT2D eigenvalue weighted by atomic mass is 9.86. The average molecular weight is 219 g/mol. The minimum absolute atomic E-state index is 0. The molecule has 2 rings (SSSR count). The van der Waals surface area contributed by atoms with Gasteiger partial charge in [0.1, 0.15) is 0 Å². The zero-order valence-electron chi connectivity index (χ0n) is 9.33. The van der Waals surface area contributed by atoms with Crippen LogP contribution in [0.15, 0.2) is 0 Å². The van der Waals surface area contributed by atoms with Gasteiger partial charge in [-0.05, 0) is 24.7 Å². The second-order valence-corrected chi connectivity index (χ2v) is 5.44. The van der Waals surface area contributed by atoms with Gasteiger partial charge < -0.3 is 5.73 Å². The highest BCUT2D eigenvalue weighted by Crippen LogP contribution is 2.41. The quantitative estimate of drug-likeness (QED) is 0.730. The van der Waals surface area contributed by atoms with Crippen LogP contribution in [0.3, 0.4) is 0 Å². The number of nitrogens with zero attached hydrogens (tertiary/aromatic N) is 1. The first-order valence-electron chi connectivity index (χ1n) is 5.59. The smallest absolute Gasteiger partial charge is 0.0180 e. The Morgan fingerprint density at radius 3 is 2.43 bits per heavy atom. The molecule has 0 radical (unpaired) electrons. The van der Waals surface area contributed by atoms with Crippen LogP contribution >= 0.6 is 12.4 Å². The molecule has 3 heteroatoms. The Hall–Kier alpha value is 0.210. The average Bonchev–Trinajstić information content (AvgIpc) is 2.56. The van der Waals surface area contributed by atoms with E-state index in [9.17, 15) is 0 Å². The van der Waals surface area contributed by atoms with Gasteiger partial charge in [-0.25, -0.2) is 0 Å². The van der Waals surface area contributed by atoms with Gasteiger partial charge in [0.15, 0.2) is 0 Å². The number of rotatable bonds is 1. The van der Waals surface area contributed by atoms with Crippen molar-refractivity contribution < 1.29 is 0 Å². The van der Waals surface area contributed by atoms with Crippen LogP contribution in [-0.2, 0) is 0 Å². The Labute approximate surface area is 93.6 Å². The molecule has 2 atom stereocenters. The Balaban J connectivity index is 0.000000980. The lowest BCUT2D eigenvalue weighted by Crippen LogP contribution is -2.41. The third-order valence-corrected chi connectivity index (χ3v) is 3.90. The van der Waals surface area contributed by atoms with Crippen molar-refractivity contribution in [2.45, 2.75) is 51.6 Å². The van der Waals surface area contributed by atoms with Crippen LogP contribution in [0.4, 0.5) is 0 Å². The normalized spacial score (nSPS) is 37.1. The molecule has 0 aromatic carbocycles. The molecule has 1 aliphatic heterocycles.